The zero-order valence-corrected chi connectivity index (χ0v) is 12.5. The van der Waals surface area contributed by atoms with Gasteiger partial charge in [-0.3, -0.25) is 4.79 Å². The fourth-order valence-corrected chi connectivity index (χ4v) is 2.72. The van der Waals surface area contributed by atoms with E-state index in [2.05, 4.69) is 16.0 Å². The van der Waals surface area contributed by atoms with E-state index in [9.17, 15) is 4.79 Å². The van der Waals surface area contributed by atoms with Gasteiger partial charge in [-0.25, -0.2) is 4.98 Å². The summed E-state index contributed by atoms with van der Waals surface area (Å²) in [5.74, 6) is 1.21. The Morgan fingerprint density at radius 3 is 2.61 bits per heavy atom. The van der Waals surface area contributed by atoms with Crippen molar-refractivity contribution in [2.45, 2.75) is 0 Å². The lowest BCUT2D eigenvalue weighted by Gasteiger charge is -2.06. The maximum atomic E-state index is 12.4. The van der Waals surface area contributed by atoms with E-state index in [4.69, 9.17) is 4.74 Å². The van der Waals surface area contributed by atoms with Gasteiger partial charge in [0.25, 0.3) is 5.56 Å². The number of methoxy groups -OCH3 is 1. The lowest BCUT2D eigenvalue weighted by atomic mass is 10.1. The number of nitrogens with one attached hydrogen (secondary N) is 1. The van der Waals surface area contributed by atoms with Crippen molar-refractivity contribution in [3.63, 3.8) is 0 Å². The van der Waals surface area contributed by atoms with Gasteiger partial charge in [-0.2, -0.15) is 0 Å². The molecule has 0 aliphatic rings. The highest BCUT2D eigenvalue weighted by Crippen LogP contribution is 2.23. The van der Waals surface area contributed by atoms with Gasteiger partial charge in [0, 0.05) is 5.56 Å². The predicted octanol–water partition coefficient (Wildman–Crippen LogP) is 3.75. The Hall–Kier alpha value is -3.14. The Morgan fingerprint density at radius 1 is 0.957 bits per heavy atom. The molecule has 0 spiro atoms. The van der Waals surface area contributed by atoms with Crippen LogP contribution in [-0.2, 0) is 0 Å². The predicted molar refractivity (Wildman–Crippen MR) is 91.9 cm³/mol. The van der Waals surface area contributed by atoms with Crippen LogP contribution in [0.15, 0.2) is 65.5 Å². The molecule has 0 aliphatic heterocycles. The third kappa shape index (κ3) is 2.34. The molecule has 0 bridgehead atoms. The number of fused-ring (bicyclic) bond motifs is 2. The highest BCUT2D eigenvalue weighted by molar-refractivity contribution is 5.87. The zero-order valence-electron chi connectivity index (χ0n) is 12.5. The molecule has 4 heteroatoms. The molecular formula is C19H14N2O2. The van der Waals surface area contributed by atoms with Crippen molar-refractivity contribution in [2.75, 3.05) is 7.11 Å². The number of ether oxygens (including phenoxy) is 1. The van der Waals surface area contributed by atoms with Crippen LogP contribution in [0.3, 0.4) is 0 Å². The summed E-state index contributed by atoms with van der Waals surface area (Å²) in [4.78, 5) is 19.8. The molecule has 0 fully saturated rings. The third-order valence-electron chi connectivity index (χ3n) is 3.94. The van der Waals surface area contributed by atoms with Gasteiger partial charge in [-0.05, 0) is 35.0 Å². The molecule has 112 valence electrons. The van der Waals surface area contributed by atoms with E-state index in [0.29, 0.717) is 22.5 Å². The number of hydrogen-bond acceptors (Lipinski definition) is 3. The molecule has 0 saturated carbocycles. The zero-order chi connectivity index (χ0) is 15.8. The molecule has 0 amide bonds. The van der Waals surface area contributed by atoms with Gasteiger partial charge in [0.15, 0.2) is 0 Å². The summed E-state index contributed by atoms with van der Waals surface area (Å²) in [5, 5.41) is 2.79. The summed E-state index contributed by atoms with van der Waals surface area (Å²) in [5.41, 5.74) is 1.37. The first-order valence-corrected chi connectivity index (χ1v) is 7.32. The van der Waals surface area contributed by atoms with Crippen molar-refractivity contribution in [2.24, 2.45) is 0 Å². The Balaban J connectivity index is 1.92. The largest absolute Gasteiger partial charge is 0.497 e. The van der Waals surface area contributed by atoms with E-state index in [1.165, 1.54) is 0 Å². The molecule has 4 nitrogen and oxygen atoms in total. The Labute approximate surface area is 132 Å². The number of hydrogen-bond donors (Lipinski definition) is 1. The second kappa shape index (κ2) is 5.25. The number of H-pyrrole nitrogens is 1. The van der Waals surface area contributed by atoms with Gasteiger partial charge in [-0.1, -0.05) is 36.4 Å². The van der Waals surface area contributed by atoms with E-state index in [1.807, 2.05) is 36.4 Å². The molecule has 0 saturated heterocycles. The number of benzene rings is 3. The van der Waals surface area contributed by atoms with E-state index in [1.54, 1.807) is 25.3 Å². The molecule has 4 aromatic rings. The van der Waals surface area contributed by atoms with Crippen molar-refractivity contribution in [3.8, 4) is 17.1 Å². The topological polar surface area (TPSA) is 55.0 Å². The minimum Gasteiger partial charge on any atom is -0.497 e. The molecule has 1 aromatic heterocycles. The van der Waals surface area contributed by atoms with Crippen LogP contribution in [-0.4, -0.2) is 17.1 Å². The molecule has 0 radical (unpaired) electrons. The summed E-state index contributed by atoms with van der Waals surface area (Å²) >= 11 is 0. The third-order valence-corrected chi connectivity index (χ3v) is 3.94. The number of aromatic nitrogens is 2. The minimum atomic E-state index is -0.169. The van der Waals surface area contributed by atoms with Gasteiger partial charge < -0.3 is 9.72 Å². The molecule has 4 rings (SSSR count). The van der Waals surface area contributed by atoms with Crippen LogP contribution in [0.25, 0.3) is 33.1 Å². The van der Waals surface area contributed by atoms with Crippen LogP contribution in [0.1, 0.15) is 0 Å². The van der Waals surface area contributed by atoms with E-state index >= 15 is 0 Å². The Kier molecular flexibility index (Phi) is 3.08. The second-order valence-corrected chi connectivity index (χ2v) is 5.36. The average molecular weight is 302 g/mol. The molecule has 0 unspecified atom stereocenters. The van der Waals surface area contributed by atoms with Crippen LogP contribution in [0.4, 0.5) is 0 Å². The quantitative estimate of drug-likeness (QED) is 0.613. The van der Waals surface area contributed by atoms with Crippen molar-refractivity contribution in [1.29, 1.82) is 0 Å². The number of aromatic amines is 1. The van der Waals surface area contributed by atoms with E-state index in [0.717, 1.165) is 16.3 Å². The smallest absolute Gasteiger partial charge is 0.259 e. The Bertz CT molecular complexity index is 1080. The highest BCUT2D eigenvalue weighted by Gasteiger charge is 2.07. The van der Waals surface area contributed by atoms with E-state index in [-0.39, 0.29) is 5.56 Å². The molecule has 1 N–H and O–H groups in total. The van der Waals surface area contributed by atoms with Crippen molar-refractivity contribution in [1.82, 2.24) is 9.97 Å². The fraction of sp³-hybridized carbons (Fsp3) is 0.0526. The van der Waals surface area contributed by atoms with Crippen LogP contribution < -0.4 is 10.3 Å². The summed E-state index contributed by atoms with van der Waals surface area (Å²) < 4.78 is 5.16. The SMILES string of the molecule is COc1ccc2nc(-c3ccc4ccccc4c3)[nH]c(=O)c2c1. The van der Waals surface area contributed by atoms with Gasteiger partial charge in [0.1, 0.15) is 11.6 Å². The lowest BCUT2D eigenvalue weighted by Crippen LogP contribution is -2.09. The lowest BCUT2D eigenvalue weighted by molar-refractivity contribution is 0.415. The van der Waals surface area contributed by atoms with Gasteiger partial charge >= 0.3 is 0 Å². The standard InChI is InChI=1S/C19H14N2O2/c1-23-15-8-9-17-16(11-15)19(22)21-18(20-17)14-7-6-12-4-2-3-5-13(12)10-14/h2-11H,1H3,(H,20,21,22). The molecule has 3 aromatic carbocycles. The highest BCUT2D eigenvalue weighted by atomic mass is 16.5. The van der Waals surface area contributed by atoms with Crippen molar-refractivity contribution in [3.05, 3.63) is 71.0 Å². The van der Waals surface area contributed by atoms with Gasteiger partial charge in [0.2, 0.25) is 0 Å². The second-order valence-electron chi connectivity index (χ2n) is 5.36. The molecule has 0 atom stereocenters. The summed E-state index contributed by atoms with van der Waals surface area (Å²) in [7, 11) is 1.58. The molecular weight excluding hydrogens is 288 g/mol. The first kappa shape index (κ1) is 13.5. The van der Waals surface area contributed by atoms with Crippen LogP contribution in [0, 0.1) is 0 Å². The van der Waals surface area contributed by atoms with Crippen LogP contribution in [0.2, 0.25) is 0 Å². The van der Waals surface area contributed by atoms with E-state index < -0.39 is 0 Å². The first-order chi connectivity index (χ1) is 11.2. The summed E-state index contributed by atoms with van der Waals surface area (Å²) in [6, 6.07) is 19.4. The van der Waals surface area contributed by atoms with Gasteiger partial charge in [0.05, 0.1) is 18.0 Å². The summed E-state index contributed by atoms with van der Waals surface area (Å²) in [6.07, 6.45) is 0. The first-order valence-electron chi connectivity index (χ1n) is 7.32. The summed E-state index contributed by atoms with van der Waals surface area (Å²) in [6.45, 7) is 0. The molecule has 23 heavy (non-hydrogen) atoms. The average Bonchev–Trinajstić information content (AvgIpc) is 2.61. The van der Waals surface area contributed by atoms with Gasteiger partial charge in [-0.15, -0.1) is 0 Å². The fourth-order valence-electron chi connectivity index (χ4n) is 2.72. The maximum Gasteiger partial charge on any atom is 0.259 e. The minimum absolute atomic E-state index is 0.169. The number of rotatable bonds is 2. The van der Waals surface area contributed by atoms with Crippen molar-refractivity contribution < 1.29 is 4.74 Å². The molecule has 1 heterocycles. The normalized spacial score (nSPS) is 11.0. The van der Waals surface area contributed by atoms with Crippen LogP contribution >= 0.6 is 0 Å². The van der Waals surface area contributed by atoms with Crippen LogP contribution in [0.5, 0.6) is 5.75 Å². The number of nitrogens with zero attached hydrogens (tertiary/aromatic N) is 1. The Morgan fingerprint density at radius 2 is 1.78 bits per heavy atom. The maximum absolute atomic E-state index is 12.4. The van der Waals surface area contributed by atoms with Crippen molar-refractivity contribution >= 4 is 21.7 Å². The molecule has 0 aliphatic carbocycles. The monoisotopic (exact) mass is 302 g/mol.